The van der Waals surface area contributed by atoms with Gasteiger partial charge in [-0.15, -0.1) is 0 Å². The van der Waals surface area contributed by atoms with Gasteiger partial charge in [0.25, 0.3) is 0 Å². The third kappa shape index (κ3) is 2.26. The highest BCUT2D eigenvalue weighted by molar-refractivity contribution is 9.10. The Bertz CT molecular complexity index is 467. The molecule has 1 aromatic carbocycles. The third-order valence-electron chi connectivity index (χ3n) is 3.99. The molecule has 2 aliphatic rings. The number of nitrogens with one attached hydrogen (secondary N) is 1. The van der Waals surface area contributed by atoms with Gasteiger partial charge in [-0.1, -0.05) is 0 Å². The number of nitrogens with zero attached hydrogens (tertiary/aromatic N) is 1. The molecule has 1 N–H and O–H groups in total. The first-order chi connectivity index (χ1) is 8.63. The van der Waals surface area contributed by atoms with Crippen molar-refractivity contribution < 1.29 is 8.78 Å². The average Bonchev–Trinajstić information content (AvgIpc) is 2.72. The van der Waals surface area contributed by atoms with Gasteiger partial charge in [-0.05, 0) is 47.3 Å². The Hall–Kier alpha value is -0.680. The number of hydrogen-bond donors (Lipinski definition) is 1. The average molecular weight is 317 g/mol. The van der Waals surface area contributed by atoms with E-state index in [0.29, 0.717) is 22.1 Å². The fraction of sp³-hybridized carbons (Fsp3) is 0.538. The van der Waals surface area contributed by atoms with Gasteiger partial charge in [0, 0.05) is 25.2 Å². The van der Waals surface area contributed by atoms with Crippen molar-refractivity contribution in [3.8, 4) is 0 Å². The summed E-state index contributed by atoms with van der Waals surface area (Å²) in [6.45, 7) is 3.32. The zero-order chi connectivity index (χ0) is 12.7. The Morgan fingerprint density at radius 2 is 1.94 bits per heavy atom. The van der Waals surface area contributed by atoms with Gasteiger partial charge in [0.05, 0.1) is 10.2 Å². The number of halogens is 3. The summed E-state index contributed by atoms with van der Waals surface area (Å²) in [5, 5.41) is 3.25. The molecule has 3 rings (SSSR count). The van der Waals surface area contributed by atoms with E-state index in [0.717, 1.165) is 32.1 Å². The standard InChI is InChI=1S/C13H15BrF2N2/c14-9-5-13(11(16)6-10(9)15)17-12-2-4-18-3-1-8(12)7-18/h5-6,8,12,17H,1-4,7H2. The molecular formula is C13H15BrF2N2. The van der Waals surface area contributed by atoms with Gasteiger partial charge in [-0.2, -0.15) is 0 Å². The van der Waals surface area contributed by atoms with E-state index in [9.17, 15) is 8.78 Å². The van der Waals surface area contributed by atoms with Crippen LogP contribution in [-0.4, -0.2) is 30.6 Å². The molecule has 98 valence electrons. The highest BCUT2D eigenvalue weighted by atomic mass is 79.9. The van der Waals surface area contributed by atoms with Crippen molar-refractivity contribution in [3.05, 3.63) is 28.2 Å². The summed E-state index contributed by atoms with van der Waals surface area (Å²) in [7, 11) is 0. The monoisotopic (exact) mass is 316 g/mol. The summed E-state index contributed by atoms with van der Waals surface area (Å²) in [5.41, 5.74) is 0.397. The topological polar surface area (TPSA) is 15.3 Å². The molecular weight excluding hydrogens is 302 g/mol. The van der Waals surface area contributed by atoms with Crippen molar-refractivity contribution in [3.63, 3.8) is 0 Å². The first-order valence-electron chi connectivity index (χ1n) is 6.27. The van der Waals surface area contributed by atoms with Gasteiger partial charge in [-0.25, -0.2) is 8.78 Å². The van der Waals surface area contributed by atoms with Crippen LogP contribution in [0, 0.1) is 17.6 Å². The summed E-state index contributed by atoms with van der Waals surface area (Å²) in [6, 6.07) is 2.72. The normalized spacial score (nSPS) is 30.5. The highest BCUT2D eigenvalue weighted by Gasteiger charge is 2.34. The molecule has 18 heavy (non-hydrogen) atoms. The van der Waals surface area contributed by atoms with E-state index in [1.165, 1.54) is 12.5 Å². The van der Waals surface area contributed by atoms with Crippen molar-refractivity contribution in [1.82, 2.24) is 4.90 Å². The predicted molar refractivity (Wildman–Crippen MR) is 70.6 cm³/mol. The van der Waals surface area contributed by atoms with E-state index in [4.69, 9.17) is 0 Å². The first-order valence-corrected chi connectivity index (χ1v) is 7.06. The summed E-state index contributed by atoms with van der Waals surface area (Å²) < 4.78 is 27.2. The highest BCUT2D eigenvalue weighted by Crippen LogP contribution is 2.31. The molecule has 2 bridgehead atoms. The van der Waals surface area contributed by atoms with Gasteiger partial charge >= 0.3 is 0 Å². The van der Waals surface area contributed by atoms with Crippen molar-refractivity contribution in [2.75, 3.05) is 25.0 Å². The second-order valence-corrected chi connectivity index (χ2v) is 5.99. The molecule has 0 aliphatic carbocycles. The molecule has 0 saturated carbocycles. The van der Waals surface area contributed by atoms with Gasteiger partial charge in [0.2, 0.25) is 0 Å². The van der Waals surface area contributed by atoms with Gasteiger partial charge in [-0.3, -0.25) is 0 Å². The summed E-state index contributed by atoms with van der Waals surface area (Å²) in [6.07, 6.45) is 2.20. The molecule has 0 radical (unpaired) electrons. The van der Waals surface area contributed by atoms with E-state index in [2.05, 4.69) is 26.1 Å². The van der Waals surface area contributed by atoms with Crippen LogP contribution in [0.5, 0.6) is 0 Å². The van der Waals surface area contributed by atoms with Crippen LogP contribution in [-0.2, 0) is 0 Å². The lowest BCUT2D eigenvalue weighted by molar-refractivity contribution is 0.254. The minimum absolute atomic E-state index is 0.301. The molecule has 2 fully saturated rings. The SMILES string of the molecule is Fc1cc(F)c(NC2CCN3CCC2C3)cc1Br. The largest absolute Gasteiger partial charge is 0.380 e. The molecule has 0 amide bonds. The summed E-state index contributed by atoms with van der Waals surface area (Å²) in [4.78, 5) is 2.44. The molecule has 3 unspecified atom stereocenters. The lowest BCUT2D eigenvalue weighted by Crippen LogP contribution is -2.39. The smallest absolute Gasteiger partial charge is 0.149 e. The Balaban J connectivity index is 1.78. The van der Waals surface area contributed by atoms with Crippen molar-refractivity contribution in [2.24, 2.45) is 5.92 Å². The van der Waals surface area contributed by atoms with E-state index >= 15 is 0 Å². The Labute approximate surface area is 113 Å². The fourth-order valence-corrected chi connectivity index (χ4v) is 3.32. The van der Waals surface area contributed by atoms with Crippen molar-refractivity contribution >= 4 is 21.6 Å². The molecule has 1 aromatic rings. The Morgan fingerprint density at radius 1 is 1.17 bits per heavy atom. The maximum atomic E-state index is 13.7. The van der Waals surface area contributed by atoms with Gasteiger partial charge in [0.15, 0.2) is 0 Å². The number of piperidine rings is 1. The fourth-order valence-electron chi connectivity index (χ4n) is 2.97. The minimum atomic E-state index is -0.561. The third-order valence-corrected chi connectivity index (χ3v) is 4.59. The summed E-state index contributed by atoms with van der Waals surface area (Å²) in [5.74, 6) is -0.494. The quantitative estimate of drug-likeness (QED) is 0.843. The van der Waals surface area contributed by atoms with E-state index in [-0.39, 0.29) is 0 Å². The summed E-state index contributed by atoms with van der Waals surface area (Å²) >= 11 is 3.10. The first kappa shape index (κ1) is 12.4. The lowest BCUT2D eigenvalue weighted by Gasteiger charge is -2.31. The van der Waals surface area contributed by atoms with Crippen molar-refractivity contribution in [2.45, 2.75) is 18.9 Å². The molecule has 0 spiro atoms. The van der Waals surface area contributed by atoms with Crippen LogP contribution >= 0.6 is 15.9 Å². The molecule has 5 heteroatoms. The Kier molecular flexibility index (Phi) is 3.28. The maximum Gasteiger partial charge on any atom is 0.149 e. The van der Waals surface area contributed by atoms with E-state index < -0.39 is 11.6 Å². The Morgan fingerprint density at radius 3 is 2.78 bits per heavy atom. The zero-order valence-electron chi connectivity index (χ0n) is 9.93. The van der Waals surface area contributed by atoms with Crippen LogP contribution in [0.25, 0.3) is 0 Å². The maximum absolute atomic E-state index is 13.7. The number of benzene rings is 1. The minimum Gasteiger partial charge on any atom is -0.380 e. The molecule has 0 aromatic heterocycles. The number of anilines is 1. The van der Waals surface area contributed by atoms with Crippen LogP contribution in [0.3, 0.4) is 0 Å². The second kappa shape index (κ2) is 4.78. The molecule has 2 nitrogen and oxygen atoms in total. The van der Waals surface area contributed by atoms with Crippen LogP contribution in [0.1, 0.15) is 12.8 Å². The zero-order valence-corrected chi connectivity index (χ0v) is 11.5. The van der Waals surface area contributed by atoms with Crippen LogP contribution in [0.15, 0.2) is 16.6 Å². The van der Waals surface area contributed by atoms with Gasteiger partial charge in [0.1, 0.15) is 11.6 Å². The van der Waals surface area contributed by atoms with Crippen LogP contribution in [0.4, 0.5) is 14.5 Å². The number of fused-ring (bicyclic) bond motifs is 2. The van der Waals surface area contributed by atoms with E-state index in [1.807, 2.05) is 0 Å². The van der Waals surface area contributed by atoms with Crippen molar-refractivity contribution in [1.29, 1.82) is 0 Å². The van der Waals surface area contributed by atoms with E-state index in [1.54, 1.807) is 0 Å². The van der Waals surface area contributed by atoms with Crippen LogP contribution < -0.4 is 5.32 Å². The van der Waals surface area contributed by atoms with Gasteiger partial charge < -0.3 is 10.2 Å². The number of hydrogen-bond acceptors (Lipinski definition) is 2. The molecule has 3 atom stereocenters. The second-order valence-electron chi connectivity index (χ2n) is 5.14. The molecule has 2 saturated heterocycles. The molecule has 2 aliphatic heterocycles. The number of rotatable bonds is 2. The lowest BCUT2D eigenvalue weighted by atomic mass is 9.94. The molecule has 2 heterocycles. The predicted octanol–water partition coefficient (Wildman–Crippen LogP) is 3.23. The van der Waals surface area contributed by atoms with Crippen LogP contribution in [0.2, 0.25) is 0 Å².